The molecular formula is C13H21N7. The lowest BCUT2D eigenvalue weighted by Gasteiger charge is -2.31. The van der Waals surface area contributed by atoms with Crippen LogP contribution in [0.25, 0.3) is 0 Å². The van der Waals surface area contributed by atoms with Crippen molar-refractivity contribution in [2.45, 2.75) is 37.6 Å². The molecule has 1 aliphatic carbocycles. The highest BCUT2D eigenvalue weighted by Gasteiger charge is 2.33. The van der Waals surface area contributed by atoms with Crippen LogP contribution < -0.4 is 15.5 Å². The molecule has 2 N–H and O–H groups in total. The van der Waals surface area contributed by atoms with Gasteiger partial charge in [-0.05, 0) is 12.8 Å². The smallest absolute Gasteiger partial charge is 0.231 e. The Morgan fingerprint density at radius 1 is 1.10 bits per heavy atom. The van der Waals surface area contributed by atoms with Gasteiger partial charge in [0.15, 0.2) is 0 Å². The van der Waals surface area contributed by atoms with Crippen molar-refractivity contribution in [1.29, 1.82) is 5.26 Å². The molecular weight excluding hydrogens is 254 g/mol. The summed E-state index contributed by atoms with van der Waals surface area (Å²) in [6.07, 6.45) is 4.98. The van der Waals surface area contributed by atoms with Gasteiger partial charge in [-0.2, -0.15) is 20.2 Å². The second-order valence-corrected chi connectivity index (χ2v) is 5.31. The highest BCUT2D eigenvalue weighted by atomic mass is 15.3. The first-order valence-electron chi connectivity index (χ1n) is 6.89. The number of hydrogen-bond acceptors (Lipinski definition) is 7. The number of hydrogen-bond donors (Lipinski definition) is 2. The number of rotatable bonds is 4. The van der Waals surface area contributed by atoms with Gasteiger partial charge in [0.25, 0.3) is 0 Å². The van der Waals surface area contributed by atoms with E-state index in [1.54, 1.807) is 7.05 Å². The summed E-state index contributed by atoms with van der Waals surface area (Å²) in [6, 6.07) is 2.41. The van der Waals surface area contributed by atoms with Crippen LogP contribution in [0.15, 0.2) is 0 Å². The van der Waals surface area contributed by atoms with Crippen LogP contribution in [0, 0.1) is 11.3 Å². The second-order valence-electron chi connectivity index (χ2n) is 5.31. The molecule has 0 spiro atoms. The van der Waals surface area contributed by atoms with Crippen molar-refractivity contribution in [3.8, 4) is 6.07 Å². The van der Waals surface area contributed by atoms with E-state index in [-0.39, 0.29) is 0 Å². The zero-order valence-corrected chi connectivity index (χ0v) is 12.3. The Kier molecular flexibility index (Phi) is 4.23. The minimum absolute atomic E-state index is 0.455. The standard InChI is InChI=1S/C13H21N7/c1-15-10-16-11(18-12(17-10)20(2)3)19-13(9-14)7-5-4-6-8-13/h4-8H2,1-3H3,(H2,15,16,17,18,19). The molecule has 0 unspecified atom stereocenters. The lowest BCUT2D eigenvalue weighted by molar-refractivity contribution is 0.390. The molecule has 0 aliphatic heterocycles. The van der Waals surface area contributed by atoms with E-state index in [9.17, 15) is 5.26 Å². The van der Waals surface area contributed by atoms with Gasteiger partial charge in [-0.1, -0.05) is 19.3 Å². The summed E-state index contributed by atoms with van der Waals surface area (Å²) < 4.78 is 0. The third-order valence-electron chi connectivity index (χ3n) is 3.52. The lowest BCUT2D eigenvalue weighted by Crippen LogP contribution is -2.39. The summed E-state index contributed by atoms with van der Waals surface area (Å²) in [5, 5.41) is 15.6. The van der Waals surface area contributed by atoms with Gasteiger partial charge in [0, 0.05) is 21.1 Å². The zero-order valence-electron chi connectivity index (χ0n) is 12.3. The van der Waals surface area contributed by atoms with Gasteiger partial charge in [0.05, 0.1) is 6.07 Å². The third kappa shape index (κ3) is 3.07. The van der Waals surface area contributed by atoms with Crippen LogP contribution in [0.4, 0.5) is 17.8 Å². The largest absolute Gasteiger partial charge is 0.357 e. The highest BCUT2D eigenvalue weighted by molar-refractivity contribution is 5.45. The molecule has 0 aromatic carbocycles. The topological polar surface area (TPSA) is 89.8 Å². The lowest BCUT2D eigenvalue weighted by atomic mass is 9.83. The predicted molar refractivity (Wildman–Crippen MR) is 78.8 cm³/mol. The fraction of sp³-hybridized carbons (Fsp3) is 0.692. The number of aromatic nitrogens is 3. The minimum atomic E-state index is -0.547. The SMILES string of the molecule is CNc1nc(NC2(C#N)CCCCC2)nc(N(C)C)n1. The maximum Gasteiger partial charge on any atom is 0.231 e. The van der Waals surface area contributed by atoms with Crippen LogP contribution in [0.2, 0.25) is 0 Å². The third-order valence-corrected chi connectivity index (χ3v) is 3.52. The monoisotopic (exact) mass is 275 g/mol. The highest BCUT2D eigenvalue weighted by Crippen LogP contribution is 2.30. The number of nitrogens with zero attached hydrogens (tertiary/aromatic N) is 5. The normalized spacial score (nSPS) is 17.1. The van der Waals surface area contributed by atoms with Gasteiger partial charge in [-0.15, -0.1) is 0 Å². The maximum absolute atomic E-state index is 9.50. The van der Waals surface area contributed by atoms with Crippen molar-refractivity contribution >= 4 is 17.8 Å². The summed E-state index contributed by atoms with van der Waals surface area (Å²) in [6.45, 7) is 0. The van der Waals surface area contributed by atoms with Crippen molar-refractivity contribution in [3.05, 3.63) is 0 Å². The fourth-order valence-electron chi connectivity index (χ4n) is 2.37. The average molecular weight is 275 g/mol. The molecule has 1 heterocycles. The summed E-state index contributed by atoms with van der Waals surface area (Å²) in [4.78, 5) is 14.7. The van der Waals surface area contributed by atoms with Crippen molar-refractivity contribution in [2.75, 3.05) is 36.7 Å². The summed E-state index contributed by atoms with van der Waals surface area (Å²) in [5.74, 6) is 1.52. The quantitative estimate of drug-likeness (QED) is 0.862. The van der Waals surface area contributed by atoms with Crippen LogP contribution in [0.5, 0.6) is 0 Å². The summed E-state index contributed by atoms with van der Waals surface area (Å²) in [7, 11) is 5.51. The van der Waals surface area contributed by atoms with Crippen LogP contribution in [-0.4, -0.2) is 41.6 Å². The Hall–Kier alpha value is -2.10. The van der Waals surface area contributed by atoms with Crippen molar-refractivity contribution in [1.82, 2.24) is 15.0 Å². The summed E-state index contributed by atoms with van der Waals surface area (Å²) in [5.41, 5.74) is -0.547. The van der Waals surface area contributed by atoms with Gasteiger partial charge >= 0.3 is 0 Å². The number of anilines is 3. The van der Waals surface area contributed by atoms with Crippen molar-refractivity contribution in [2.24, 2.45) is 0 Å². The molecule has 0 amide bonds. The van der Waals surface area contributed by atoms with E-state index in [4.69, 9.17) is 0 Å². The molecule has 2 rings (SSSR count). The minimum Gasteiger partial charge on any atom is -0.357 e. The van der Waals surface area contributed by atoms with Crippen molar-refractivity contribution in [3.63, 3.8) is 0 Å². The molecule has 7 heteroatoms. The summed E-state index contributed by atoms with van der Waals surface area (Å²) >= 11 is 0. The first-order valence-corrected chi connectivity index (χ1v) is 6.89. The predicted octanol–water partition coefficient (Wildman–Crippen LogP) is 1.62. The molecule has 1 aromatic rings. The molecule has 0 bridgehead atoms. The van der Waals surface area contributed by atoms with E-state index in [0.29, 0.717) is 17.8 Å². The Morgan fingerprint density at radius 3 is 2.30 bits per heavy atom. The second kappa shape index (κ2) is 5.90. The molecule has 1 fully saturated rings. The Balaban J connectivity index is 2.27. The molecule has 20 heavy (non-hydrogen) atoms. The molecule has 0 saturated heterocycles. The van der Waals surface area contributed by atoms with Gasteiger partial charge < -0.3 is 15.5 Å². The first kappa shape index (κ1) is 14.3. The molecule has 7 nitrogen and oxygen atoms in total. The maximum atomic E-state index is 9.50. The zero-order chi connectivity index (χ0) is 14.6. The van der Waals surface area contributed by atoms with E-state index in [1.807, 2.05) is 19.0 Å². The van der Waals surface area contributed by atoms with E-state index in [1.165, 1.54) is 6.42 Å². The number of nitriles is 1. The first-order chi connectivity index (χ1) is 9.58. The Bertz CT molecular complexity index is 500. The Labute approximate surface area is 119 Å². The van der Waals surface area contributed by atoms with E-state index >= 15 is 0 Å². The van der Waals surface area contributed by atoms with Gasteiger partial charge in [0.2, 0.25) is 17.8 Å². The molecule has 108 valence electrons. The Morgan fingerprint density at radius 2 is 1.75 bits per heavy atom. The molecule has 1 aromatic heterocycles. The van der Waals surface area contributed by atoms with Crippen LogP contribution in [0.1, 0.15) is 32.1 Å². The average Bonchev–Trinajstić information content (AvgIpc) is 2.47. The molecule has 1 saturated carbocycles. The fourth-order valence-corrected chi connectivity index (χ4v) is 2.37. The van der Waals surface area contributed by atoms with Crippen LogP contribution in [-0.2, 0) is 0 Å². The number of nitrogens with one attached hydrogen (secondary N) is 2. The van der Waals surface area contributed by atoms with Gasteiger partial charge in [-0.25, -0.2) is 0 Å². The molecule has 0 radical (unpaired) electrons. The van der Waals surface area contributed by atoms with Gasteiger partial charge in [-0.3, -0.25) is 0 Å². The molecule has 0 atom stereocenters. The van der Waals surface area contributed by atoms with E-state index in [2.05, 4.69) is 31.7 Å². The van der Waals surface area contributed by atoms with Crippen molar-refractivity contribution < 1.29 is 0 Å². The van der Waals surface area contributed by atoms with Gasteiger partial charge in [0.1, 0.15) is 5.54 Å². The van der Waals surface area contributed by atoms with E-state index in [0.717, 1.165) is 25.7 Å². The molecule has 1 aliphatic rings. The van der Waals surface area contributed by atoms with Crippen LogP contribution in [0.3, 0.4) is 0 Å². The van der Waals surface area contributed by atoms with Crippen LogP contribution >= 0.6 is 0 Å². The van der Waals surface area contributed by atoms with E-state index < -0.39 is 5.54 Å².